The number of nitrogens with zero attached hydrogens (tertiary/aromatic N) is 1. The van der Waals surface area contributed by atoms with Crippen LogP contribution in [0.1, 0.15) is 25.3 Å². The molecule has 2 rings (SSSR count). The Kier molecular flexibility index (Phi) is 5.00. The smallest absolute Gasteiger partial charge is 0.217 e. The van der Waals surface area contributed by atoms with Gasteiger partial charge in [-0.15, -0.1) is 0 Å². The van der Waals surface area contributed by atoms with Crippen molar-refractivity contribution in [3.05, 3.63) is 33.4 Å². The molecule has 1 aromatic carbocycles. The minimum Gasteiger partial charge on any atom is -0.354 e. The predicted molar refractivity (Wildman–Crippen MR) is 81.3 cm³/mol. The van der Waals surface area contributed by atoms with Gasteiger partial charge in [0.25, 0.3) is 0 Å². The molecule has 1 aliphatic heterocycles. The van der Waals surface area contributed by atoms with Crippen molar-refractivity contribution in [2.24, 2.45) is 0 Å². The SMILES string of the molecule is CC(=O)NC1CCN(Cc2ccc(I)cc2)CC1. The molecular formula is C14H19IN2O. The molecule has 1 heterocycles. The molecule has 0 radical (unpaired) electrons. The lowest BCUT2D eigenvalue weighted by Crippen LogP contribution is -2.43. The molecule has 0 spiro atoms. The maximum absolute atomic E-state index is 11.0. The van der Waals surface area contributed by atoms with E-state index in [9.17, 15) is 4.79 Å². The van der Waals surface area contributed by atoms with E-state index >= 15 is 0 Å². The molecule has 0 unspecified atom stereocenters. The summed E-state index contributed by atoms with van der Waals surface area (Å²) in [4.78, 5) is 13.4. The zero-order valence-corrected chi connectivity index (χ0v) is 12.8. The number of nitrogens with one attached hydrogen (secondary N) is 1. The van der Waals surface area contributed by atoms with E-state index in [0.717, 1.165) is 32.5 Å². The highest BCUT2D eigenvalue weighted by Crippen LogP contribution is 2.15. The fourth-order valence-electron chi connectivity index (χ4n) is 2.37. The second-order valence-corrected chi connectivity index (χ2v) is 6.12. The fourth-order valence-corrected chi connectivity index (χ4v) is 2.73. The first-order chi connectivity index (χ1) is 8.63. The van der Waals surface area contributed by atoms with Crippen molar-refractivity contribution in [1.29, 1.82) is 0 Å². The number of benzene rings is 1. The van der Waals surface area contributed by atoms with Crippen LogP contribution in [0.5, 0.6) is 0 Å². The second-order valence-electron chi connectivity index (χ2n) is 4.88. The van der Waals surface area contributed by atoms with Crippen LogP contribution in [0.3, 0.4) is 0 Å². The predicted octanol–water partition coefficient (Wildman–Crippen LogP) is 2.39. The third kappa shape index (κ3) is 4.24. The highest BCUT2D eigenvalue weighted by Gasteiger charge is 2.19. The summed E-state index contributed by atoms with van der Waals surface area (Å²) >= 11 is 2.33. The van der Waals surface area contributed by atoms with E-state index in [-0.39, 0.29) is 5.91 Å². The van der Waals surface area contributed by atoms with Crippen molar-refractivity contribution in [2.45, 2.75) is 32.4 Å². The normalized spacial score (nSPS) is 17.7. The van der Waals surface area contributed by atoms with Crippen LogP contribution in [-0.4, -0.2) is 29.9 Å². The zero-order valence-electron chi connectivity index (χ0n) is 10.7. The van der Waals surface area contributed by atoms with Gasteiger partial charge in [0.05, 0.1) is 0 Å². The van der Waals surface area contributed by atoms with Crippen LogP contribution >= 0.6 is 22.6 Å². The number of likely N-dealkylation sites (tertiary alicyclic amines) is 1. The first-order valence-corrected chi connectivity index (χ1v) is 7.45. The lowest BCUT2D eigenvalue weighted by Gasteiger charge is -2.32. The Hall–Kier alpha value is -0.620. The molecule has 98 valence electrons. The minimum atomic E-state index is 0.0890. The molecule has 1 fully saturated rings. The van der Waals surface area contributed by atoms with Crippen LogP contribution in [0.2, 0.25) is 0 Å². The molecule has 18 heavy (non-hydrogen) atoms. The molecule has 3 nitrogen and oxygen atoms in total. The summed E-state index contributed by atoms with van der Waals surface area (Å²) in [6, 6.07) is 9.07. The maximum atomic E-state index is 11.0. The average molecular weight is 358 g/mol. The van der Waals surface area contributed by atoms with Crippen molar-refractivity contribution in [1.82, 2.24) is 10.2 Å². The molecule has 0 atom stereocenters. The Morgan fingerprint density at radius 2 is 1.94 bits per heavy atom. The van der Waals surface area contributed by atoms with Crippen LogP contribution in [0.15, 0.2) is 24.3 Å². The van der Waals surface area contributed by atoms with E-state index in [4.69, 9.17) is 0 Å². The first-order valence-electron chi connectivity index (χ1n) is 6.37. The van der Waals surface area contributed by atoms with Gasteiger partial charge in [-0.25, -0.2) is 0 Å². The number of hydrogen-bond donors (Lipinski definition) is 1. The average Bonchev–Trinajstić information content (AvgIpc) is 2.34. The molecule has 4 heteroatoms. The third-order valence-electron chi connectivity index (χ3n) is 3.31. The van der Waals surface area contributed by atoms with Crippen LogP contribution in [0.4, 0.5) is 0 Å². The van der Waals surface area contributed by atoms with Crippen LogP contribution in [-0.2, 0) is 11.3 Å². The molecule has 1 N–H and O–H groups in total. The zero-order chi connectivity index (χ0) is 13.0. The Balaban J connectivity index is 1.79. The summed E-state index contributed by atoms with van der Waals surface area (Å²) in [6.07, 6.45) is 2.12. The van der Waals surface area contributed by atoms with Crippen molar-refractivity contribution >= 4 is 28.5 Å². The van der Waals surface area contributed by atoms with E-state index in [1.54, 1.807) is 6.92 Å². The maximum Gasteiger partial charge on any atom is 0.217 e. The molecule has 1 aliphatic rings. The monoisotopic (exact) mass is 358 g/mol. The highest BCUT2D eigenvalue weighted by molar-refractivity contribution is 14.1. The minimum absolute atomic E-state index is 0.0890. The summed E-state index contributed by atoms with van der Waals surface area (Å²) in [5.74, 6) is 0.0890. The molecular weight excluding hydrogens is 339 g/mol. The number of piperidine rings is 1. The van der Waals surface area contributed by atoms with E-state index < -0.39 is 0 Å². The number of amides is 1. The van der Waals surface area contributed by atoms with Crippen LogP contribution in [0.25, 0.3) is 0 Å². The summed E-state index contributed by atoms with van der Waals surface area (Å²) in [7, 11) is 0. The molecule has 0 bridgehead atoms. The van der Waals surface area contributed by atoms with Gasteiger partial charge in [0.1, 0.15) is 0 Å². The van der Waals surface area contributed by atoms with E-state index in [1.165, 1.54) is 9.13 Å². The molecule has 0 saturated carbocycles. The van der Waals surface area contributed by atoms with E-state index in [1.807, 2.05) is 0 Å². The number of carbonyl (C=O) groups is 1. The highest BCUT2D eigenvalue weighted by atomic mass is 127. The molecule has 1 saturated heterocycles. The van der Waals surface area contributed by atoms with Gasteiger partial charge in [-0.3, -0.25) is 9.69 Å². The lowest BCUT2D eigenvalue weighted by molar-refractivity contribution is -0.119. The van der Waals surface area contributed by atoms with Crippen molar-refractivity contribution < 1.29 is 4.79 Å². The number of rotatable bonds is 3. The number of halogens is 1. The van der Waals surface area contributed by atoms with Crippen molar-refractivity contribution in [3.63, 3.8) is 0 Å². The van der Waals surface area contributed by atoms with Gasteiger partial charge in [-0.05, 0) is 53.1 Å². The van der Waals surface area contributed by atoms with Crippen molar-refractivity contribution in [3.8, 4) is 0 Å². The summed E-state index contributed by atoms with van der Waals surface area (Å²) in [5, 5.41) is 3.01. The Labute approximate surface area is 122 Å². The topological polar surface area (TPSA) is 32.3 Å². The Morgan fingerprint density at radius 1 is 1.33 bits per heavy atom. The summed E-state index contributed by atoms with van der Waals surface area (Å²) in [5.41, 5.74) is 1.37. The quantitative estimate of drug-likeness (QED) is 0.842. The number of carbonyl (C=O) groups excluding carboxylic acids is 1. The molecule has 0 aromatic heterocycles. The van der Waals surface area contributed by atoms with Gasteiger partial charge in [0.15, 0.2) is 0 Å². The standard InChI is InChI=1S/C14H19IN2O/c1-11(18)16-14-6-8-17(9-7-14)10-12-2-4-13(15)5-3-12/h2-5,14H,6-10H2,1H3,(H,16,18). The lowest BCUT2D eigenvalue weighted by atomic mass is 10.0. The largest absolute Gasteiger partial charge is 0.354 e. The Bertz CT molecular complexity index is 397. The first kappa shape index (κ1) is 13.8. The molecule has 0 aliphatic carbocycles. The van der Waals surface area contributed by atoms with Gasteiger partial charge in [0, 0.05) is 36.2 Å². The van der Waals surface area contributed by atoms with Gasteiger partial charge in [-0.2, -0.15) is 0 Å². The van der Waals surface area contributed by atoms with Gasteiger partial charge >= 0.3 is 0 Å². The third-order valence-corrected chi connectivity index (χ3v) is 4.03. The van der Waals surface area contributed by atoms with Gasteiger partial charge in [0.2, 0.25) is 5.91 Å². The van der Waals surface area contributed by atoms with Gasteiger partial charge in [-0.1, -0.05) is 12.1 Å². The number of hydrogen-bond acceptors (Lipinski definition) is 2. The summed E-state index contributed by atoms with van der Waals surface area (Å²) in [6.45, 7) is 4.75. The molecule has 1 amide bonds. The van der Waals surface area contributed by atoms with Crippen LogP contribution in [0, 0.1) is 3.57 Å². The van der Waals surface area contributed by atoms with E-state index in [2.05, 4.69) is 57.1 Å². The Morgan fingerprint density at radius 3 is 2.50 bits per heavy atom. The van der Waals surface area contributed by atoms with Crippen molar-refractivity contribution in [2.75, 3.05) is 13.1 Å². The van der Waals surface area contributed by atoms with E-state index in [0.29, 0.717) is 6.04 Å². The summed E-state index contributed by atoms with van der Waals surface area (Å²) < 4.78 is 1.28. The fraction of sp³-hybridized carbons (Fsp3) is 0.500. The second kappa shape index (κ2) is 6.52. The van der Waals surface area contributed by atoms with Gasteiger partial charge < -0.3 is 5.32 Å². The molecule has 1 aromatic rings. The van der Waals surface area contributed by atoms with Crippen LogP contribution < -0.4 is 5.32 Å².